The van der Waals surface area contributed by atoms with Gasteiger partial charge >= 0.3 is 0 Å². The minimum absolute atomic E-state index is 0.131. The van der Waals surface area contributed by atoms with Gasteiger partial charge in [-0.1, -0.05) is 6.92 Å². The standard InChI is InChI=1S/C11H19N3S2/c1-2-5-14-9(3-4-13-14)11(12)10-8-15-6-7-16-10/h3-4,10-11H,2,5-8,12H2,1H3. The summed E-state index contributed by atoms with van der Waals surface area (Å²) < 4.78 is 2.06. The molecule has 5 heteroatoms. The van der Waals surface area contributed by atoms with Gasteiger partial charge in [-0.05, 0) is 12.5 Å². The normalized spacial score (nSPS) is 23.2. The number of nitrogens with zero attached hydrogens (tertiary/aromatic N) is 2. The van der Waals surface area contributed by atoms with E-state index in [-0.39, 0.29) is 6.04 Å². The van der Waals surface area contributed by atoms with Crippen molar-refractivity contribution in [2.45, 2.75) is 31.2 Å². The molecule has 0 saturated carbocycles. The zero-order chi connectivity index (χ0) is 11.4. The maximum atomic E-state index is 6.35. The first-order valence-electron chi connectivity index (χ1n) is 5.79. The van der Waals surface area contributed by atoms with Gasteiger partial charge in [-0.15, -0.1) is 0 Å². The summed E-state index contributed by atoms with van der Waals surface area (Å²) in [6.45, 7) is 3.14. The molecular weight excluding hydrogens is 238 g/mol. The molecule has 0 amide bonds. The molecule has 2 atom stereocenters. The first kappa shape index (κ1) is 12.3. The number of thioether (sulfide) groups is 2. The van der Waals surface area contributed by atoms with Crippen LogP contribution in [-0.4, -0.2) is 32.3 Å². The minimum atomic E-state index is 0.131. The number of nitrogens with two attached hydrogens (primary N) is 1. The molecular formula is C11H19N3S2. The van der Waals surface area contributed by atoms with Crippen LogP contribution in [-0.2, 0) is 6.54 Å². The van der Waals surface area contributed by atoms with E-state index in [4.69, 9.17) is 5.73 Å². The molecule has 90 valence electrons. The van der Waals surface area contributed by atoms with E-state index in [1.165, 1.54) is 23.0 Å². The first-order valence-corrected chi connectivity index (χ1v) is 8.00. The van der Waals surface area contributed by atoms with Gasteiger partial charge in [0.05, 0.1) is 11.7 Å². The maximum absolute atomic E-state index is 6.35. The molecule has 1 aliphatic rings. The Morgan fingerprint density at radius 2 is 2.50 bits per heavy atom. The van der Waals surface area contributed by atoms with Gasteiger partial charge in [0.15, 0.2) is 0 Å². The van der Waals surface area contributed by atoms with E-state index in [0.29, 0.717) is 5.25 Å². The highest BCUT2D eigenvalue weighted by Crippen LogP contribution is 2.32. The summed E-state index contributed by atoms with van der Waals surface area (Å²) in [5, 5.41) is 4.89. The van der Waals surface area contributed by atoms with Crippen molar-refractivity contribution in [3.05, 3.63) is 18.0 Å². The molecule has 0 radical (unpaired) electrons. The Morgan fingerprint density at radius 1 is 1.62 bits per heavy atom. The molecule has 1 aliphatic heterocycles. The largest absolute Gasteiger partial charge is 0.322 e. The van der Waals surface area contributed by atoms with Crippen molar-refractivity contribution in [2.75, 3.05) is 17.3 Å². The van der Waals surface area contributed by atoms with Crippen LogP contribution in [0.2, 0.25) is 0 Å². The molecule has 0 aromatic carbocycles. The fourth-order valence-corrected chi connectivity index (χ4v) is 4.71. The van der Waals surface area contributed by atoms with Crippen LogP contribution >= 0.6 is 23.5 Å². The SMILES string of the molecule is CCCn1nccc1C(N)C1CSCCS1. The van der Waals surface area contributed by atoms with Crippen molar-refractivity contribution < 1.29 is 0 Å². The molecule has 2 unspecified atom stereocenters. The highest BCUT2D eigenvalue weighted by atomic mass is 32.2. The second-order valence-electron chi connectivity index (χ2n) is 3.99. The molecule has 0 bridgehead atoms. The number of aryl methyl sites for hydroxylation is 1. The summed E-state index contributed by atoms with van der Waals surface area (Å²) in [7, 11) is 0. The molecule has 2 heterocycles. The molecule has 1 aromatic heterocycles. The number of aromatic nitrogens is 2. The zero-order valence-corrected chi connectivity index (χ0v) is 11.3. The molecule has 2 N–H and O–H groups in total. The third-order valence-corrected chi connectivity index (χ3v) is 5.65. The summed E-state index contributed by atoms with van der Waals surface area (Å²) in [5.74, 6) is 3.66. The lowest BCUT2D eigenvalue weighted by molar-refractivity contribution is 0.538. The second kappa shape index (κ2) is 5.98. The predicted molar refractivity (Wildman–Crippen MR) is 73.0 cm³/mol. The molecule has 16 heavy (non-hydrogen) atoms. The lowest BCUT2D eigenvalue weighted by Gasteiger charge is -2.27. The van der Waals surface area contributed by atoms with Gasteiger partial charge in [-0.2, -0.15) is 28.6 Å². The van der Waals surface area contributed by atoms with Gasteiger partial charge in [-0.3, -0.25) is 4.68 Å². The highest BCUT2D eigenvalue weighted by molar-refractivity contribution is 8.06. The van der Waals surface area contributed by atoms with E-state index in [0.717, 1.165) is 13.0 Å². The van der Waals surface area contributed by atoms with E-state index < -0.39 is 0 Å². The topological polar surface area (TPSA) is 43.8 Å². The van der Waals surface area contributed by atoms with Crippen LogP contribution in [0.3, 0.4) is 0 Å². The van der Waals surface area contributed by atoms with Gasteiger partial charge in [0.1, 0.15) is 0 Å². The van der Waals surface area contributed by atoms with Gasteiger partial charge in [0, 0.05) is 35.3 Å². The Kier molecular flexibility index (Phi) is 4.61. The molecule has 0 spiro atoms. The van der Waals surface area contributed by atoms with Gasteiger partial charge < -0.3 is 5.73 Å². The molecule has 0 aliphatic carbocycles. The van der Waals surface area contributed by atoms with Crippen molar-refractivity contribution in [2.24, 2.45) is 5.73 Å². The quantitative estimate of drug-likeness (QED) is 0.897. The van der Waals surface area contributed by atoms with Crippen molar-refractivity contribution in [1.29, 1.82) is 0 Å². The lowest BCUT2D eigenvalue weighted by Crippen LogP contribution is -2.30. The van der Waals surface area contributed by atoms with E-state index in [9.17, 15) is 0 Å². The third-order valence-electron chi connectivity index (χ3n) is 2.77. The number of rotatable bonds is 4. The fraction of sp³-hybridized carbons (Fsp3) is 0.727. The van der Waals surface area contributed by atoms with E-state index in [1.807, 2.05) is 29.7 Å². The van der Waals surface area contributed by atoms with E-state index in [2.05, 4.69) is 22.8 Å². The Labute approximate surface area is 106 Å². The van der Waals surface area contributed by atoms with Crippen molar-refractivity contribution in [3.63, 3.8) is 0 Å². The van der Waals surface area contributed by atoms with Gasteiger partial charge in [0.25, 0.3) is 0 Å². The Morgan fingerprint density at radius 3 is 3.19 bits per heavy atom. The van der Waals surface area contributed by atoms with Crippen molar-refractivity contribution >= 4 is 23.5 Å². The number of hydrogen-bond acceptors (Lipinski definition) is 4. The van der Waals surface area contributed by atoms with E-state index in [1.54, 1.807) is 0 Å². The third kappa shape index (κ3) is 2.76. The monoisotopic (exact) mass is 257 g/mol. The van der Waals surface area contributed by atoms with Crippen LogP contribution in [0.15, 0.2) is 12.3 Å². The van der Waals surface area contributed by atoms with Crippen LogP contribution in [0.4, 0.5) is 0 Å². The Bertz CT molecular complexity index is 321. The molecule has 1 aromatic rings. The summed E-state index contributed by atoms with van der Waals surface area (Å²) in [4.78, 5) is 0. The van der Waals surface area contributed by atoms with Crippen LogP contribution < -0.4 is 5.73 Å². The van der Waals surface area contributed by atoms with Crippen LogP contribution in [0.1, 0.15) is 25.1 Å². The second-order valence-corrected chi connectivity index (χ2v) is 6.49. The first-order chi connectivity index (χ1) is 7.83. The summed E-state index contributed by atoms with van der Waals surface area (Å²) >= 11 is 4.03. The zero-order valence-electron chi connectivity index (χ0n) is 9.63. The molecule has 1 saturated heterocycles. The summed E-state index contributed by atoms with van der Waals surface area (Å²) in [6, 6.07) is 2.20. The highest BCUT2D eigenvalue weighted by Gasteiger charge is 2.25. The fourth-order valence-electron chi connectivity index (χ4n) is 1.93. The average Bonchev–Trinajstić information content (AvgIpc) is 2.78. The Hall–Kier alpha value is -0.130. The van der Waals surface area contributed by atoms with Crippen LogP contribution in [0, 0.1) is 0 Å². The average molecular weight is 257 g/mol. The maximum Gasteiger partial charge on any atom is 0.0595 e. The number of hydrogen-bond donors (Lipinski definition) is 1. The van der Waals surface area contributed by atoms with Gasteiger partial charge in [0.2, 0.25) is 0 Å². The van der Waals surface area contributed by atoms with Crippen LogP contribution in [0.25, 0.3) is 0 Å². The van der Waals surface area contributed by atoms with Crippen molar-refractivity contribution in [3.8, 4) is 0 Å². The molecule has 1 fully saturated rings. The summed E-state index contributed by atoms with van der Waals surface area (Å²) in [6.07, 6.45) is 2.97. The summed E-state index contributed by atoms with van der Waals surface area (Å²) in [5.41, 5.74) is 7.55. The van der Waals surface area contributed by atoms with E-state index >= 15 is 0 Å². The minimum Gasteiger partial charge on any atom is -0.322 e. The smallest absolute Gasteiger partial charge is 0.0595 e. The van der Waals surface area contributed by atoms with Crippen LogP contribution in [0.5, 0.6) is 0 Å². The molecule has 2 rings (SSSR count). The van der Waals surface area contributed by atoms with Gasteiger partial charge in [-0.25, -0.2) is 0 Å². The van der Waals surface area contributed by atoms with Crippen molar-refractivity contribution in [1.82, 2.24) is 9.78 Å². The molecule has 3 nitrogen and oxygen atoms in total. The predicted octanol–water partition coefficient (Wildman–Crippen LogP) is 2.14. The lowest BCUT2D eigenvalue weighted by atomic mass is 10.1. The Balaban J connectivity index is 2.06.